The Morgan fingerprint density at radius 2 is 2.35 bits per heavy atom. The number of hydrogen-bond acceptors (Lipinski definition) is 7. The number of hydrogen-bond donors (Lipinski definition) is 3. The van der Waals surface area contributed by atoms with E-state index in [9.17, 15) is 9.90 Å². The van der Waals surface area contributed by atoms with E-state index in [1.54, 1.807) is 13.3 Å². The van der Waals surface area contributed by atoms with Crippen LogP contribution in [0.15, 0.2) is 6.20 Å². The first-order chi connectivity index (χ1) is 12.4. The van der Waals surface area contributed by atoms with Crippen LogP contribution in [-0.2, 0) is 4.74 Å². The molecular weight excluding hydrogens is 360 g/mol. The zero-order chi connectivity index (χ0) is 19.3. The first-order valence-corrected chi connectivity index (χ1v) is 9.00. The number of halogens is 1. The Labute approximate surface area is 158 Å². The van der Waals surface area contributed by atoms with Crippen molar-refractivity contribution in [3.05, 3.63) is 11.2 Å². The van der Waals surface area contributed by atoms with Gasteiger partial charge in [-0.15, -0.1) is 5.10 Å². The van der Waals surface area contributed by atoms with Crippen LogP contribution in [0.3, 0.4) is 0 Å². The van der Waals surface area contributed by atoms with E-state index < -0.39 is 6.09 Å². The predicted octanol–water partition coefficient (Wildman–Crippen LogP) is 1.89. The second kappa shape index (κ2) is 9.20. The van der Waals surface area contributed by atoms with Crippen LogP contribution in [-0.4, -0.2) is 65.8 Å². The average Bonchev–Trinajstić information content (AvgIpc) is 3.05. The van der Waals surface area contributed by atoms with Crippen molar-refractivity contribution in [2.45, 2.75) is 26.3 Å². The second-order valence-electron chi connectivity index (χ2n) is 6.73. The van der Waals surface area contributed by atoms with Crippen molar-refractivity contribution in [2.24, 2.45) is 17.7 Å². The molecule has 1 aliphatic rings. The van der Waals surface area contributed by atoms with Gasteiger partial charge in [0.25, 0.3) is 0 Å². The number of aromatic nitrogens is 2. The number of nitrogens with two attached hydrogens (primary N) is 1. The van der Waals surface area contributed by atoms with E-state index in [1.165, 1.54) is 0 Å². The van der Waals surface area contributed by atoms with Gasteiger partial charge in [-0.1, -0.05) is 25.4 Å². The fraction of sp³-hybridized carbons (Fsp3) is 0.688. The van der Waals surface area contributed by atoms with Gasteiger partial charge in [0.15, 0.2) is 5.82 Å². The lowest BCUT2D eigenvalue weighted by Crippen LogP contribution is -2.51. The van der Waals surface area contributed by atoms with Crippen LogP contribution >= 0.6 is 11.6 Å². The largest absolute Gasteiger partial charge is 0.464 e. The van der Waals surface area contributed by atoms with Crippen molar-refractivity contribution >= 4 is 29.2 Å². The van der Waals surface area contributed by atoms with Crippen molar-refractivity contribution in [1.29, 1.82) is 0 Å². The van der Waals surface area contributed by atoms with Crippen LogP contribution in [0.1, 0.15) is 20.3 Å². The molecule has 1 aromatic heterocycles. The lowest BCUT2D eigenvalue weighted by molar-refractivity contribution is 0.0878. The monoisotopic (exact) mass is 386 g/mol. The highest BCUT2D eigenvalue weighted by Crippen LogP contribution is 2.35. The molecule has 146 valence electrons. The van der Waals surface area contributed by atoms with Gasteiger partial charge in [-0.2, -0.15) is 5.10 Å². The average molecular weight is 387 g/mol. The van der Waals surface area contributed by atoms with Crippen molar-refractivity contribution in [2.75, 3.05) is 43.6 Å². The summed E-state index contributed by atoms with van der Waals surface area (Å²) in [5.74, 6) is 6.53. The lowest BCUT2D eigenvalue weighted by Gasteiger charge is -2.33. The van der Waals surface area contributed by atoms with Gasteiger partial charge in [0.1, 0.15) is 5.02 Å². The van der Waals surface area contributed by atoms with Crippen LogP contribution in [0.2, 0.25) is 5.02 Å². The van der Waals surface area contributed by atoms with E-state index in [2.05, 4.69) is 20.4 Å². The Morgan fingerprint density at radius 1 is 1.62 bits per heavy atom. The zero-order valence-electron chi connectivity index (χ0n) is 15.4. The SMILES string of the molecule is COCCNc1nncc(N2CCC([C@@H](C(C)C)N(N)C(=O)O)C2)c1Cl. The molecule has 2 atom stereocenters. The van der Waals surface area contributed by atoms with E-state index in [0.29, 0.717) is 30.5 Å². The smallest absolute Gasteiger partial charge is 0.421 e. The highest BCUT2D eigenvalue weighted by molar-refractivity contribution is 6.35. The normalized spacial score (nSPS) is 18.2. The molecule has 26 heavy (non-hydrogen) atoms. The molecule has 0 radical (unpaired) electrons. The highest BCUT2D eigenvalue weighted by atomic mass is 35.5. The van der Waals surface area contributed by atoms with E-state index in [-0.39, 0.29) is 17.9 Å². The summed E-state index contributed by atoms with van der Waals surface area (Å²) < 4.78 is 5.01. The predicted molar refractivity (Wildman–Crippen MR) is 100 cm³/mol. The number of carboxylic acid groups (broad SMARTS) is 1. The highest BCUT2D eigenvalue weighted by Gasteiger charge is 2.37. The molecule has 0 bridgehead atoms. The van der Waals surface area contributed by atoms with Crippen LogP contribution in [0.5, 0.6) is 0 Å². The van der Waals surface area contributed by atoms with Gasteiger partial charge in [-0.3, -0.25) is 0 Å². The summed E-state index contributed by atoms with van der Waals surface area (Å²) in [4.78, 5) is 13.4. The first kappa shape index (κ1) is 20.5. The fourth-order valence-corrected chi connectivity index (χ4v) is 3.75. The van der Waals surface area contributed by atoms with Gasteiger partial charge >= 0.3 is 6.09 Å². The number of anilines is 2. The number of methoxy groups -OCH3 is 1. The summed E-state index contributed by atoms with van der Waals surface area (Å²) in [5, 5.41) is 21.9. The van der Waals surface area contributed by atoms with Gasteiger partial charge in [-0.05, 0) is 12.3 Å². The molecule has 0 aromatic carbocycles. The Hall–Kier alpha value is -1.84. The summed E-state index contributed by atoms with van der Waals surface area (Å²) in [6, 6.07) is -0.259. The summed E-state index contributed by atoms with van der Waals surface area (Å²) in [6.07, 6.45) is 1.35. The topological polar surface area (TPSA) is 117 Å². The van der Waals surface area contributed by atoms with Gasteiger partial charge < -0.3 is 20.1 Å². The molecule has 1 aromatic rings. The van der Waals surface area contributed by atoms with Crippen molar-refractivity contribution in [3.63, 3.8) is 0 Å². The molecule has 10 heteroatoms. The number of rotatable bonds is 8. The molecule has 0 aliphatic carbocycles. The minimum Gasteiger partial charge on any atom is -0.464 e. The summed E-state index contributed by atoms with van der Waals surface area (Å²) in [6.45, 7) is 6.49. The van der Waals surface area contributed by atoms with Crippen LogP contribution in [0, 0.1) is 11.8 Å². The van der Waals surface area contributed by atoms with E-state index in [4.69, 9.17) is 22.2 Å². The Morgan fingerprint density at radius 3 is 2.96 bits per heavy atom. The Balaban J connectivity index is 2.12. The van der Waals surface area contributed by atoms with Crippen molar-refractivity contribution in [1.82, 2.24) is 15.2 Å². The third-order valence-corrected chi connectivity index (χ3v) is 5.02. The molecule has 0 spiro atoms. The maximum absolute atomic E-state index is 11.3. The second-order valence-corrected chi connectivity index (χ2v) is 7.11. The van der Waals surface area contributed by atoms with Gasteiger partial charge in [0, 0.05) is 32.7 Å². The van der Waals surface area contributed by atoms with Crippen LogP contribution in [0.25, 0.3) is 0 Å². The molecule has 0 saturated carbocycles. The summed E-state index contributed by atoms with van der Waals surface area (Å²) >= 11 is 6.49. The zero-order valence-corrected chi connectivity index (χ0v) is 16.1. The van der Waals surface area contributed by atoms with Gasteiger partial charge in [0.05, 0.1) is 24.5 Å². The van der Waals surface area contributed by atoms with E-state index >= 15 is 0 Å². The first-order valence-electron chi connectivity index (χ1n) is 8.62. The molecule has 4 N–H and O–H groups in total. The molecule has 1 unspecified atom stereocenters. The lowest BCUT2D eigenvalue weighted by atomic mass is 9.89. The maximum atomic E-state index is 11.3. The van der Waals surface area contributed by atoms with Gasteiger partial charge in [-0.25, -0.2) is 15.6 Å². The minimum atomic E-state index is -1.12. The third-order valence-electron chi connectivity index (χ3n) is 4.64. The summed E-state index contributed by atoms with van der Waals surface area (Å²) in [7, 11) is 1.62. The maximum Gasteiger partial charge on any atom is 0.421 e. The summed E-state index contributed by atoms with van der Waals surface area (Å²) in [5.41, 5.74) is 0.783. The number of amides is 1. The van der Waals surface area contributed by atoms with Crippen LogP contribution in [0.4, 0.5) is 16.3 Å². The molecule has 1 aliphatic heterocycles. The van der Waals surface area contributed by atoms with E-state index in [0.717, 1.165) is 23.7 Å². The molecular formula is C16H27ClN6O3. The standard InChI is InChI=1S/C16H27ClN6O3/c1-10(2)14(23(18)16(24)25)11-4-6-22(9-11)12-8-20-21-15(13(12)17)19-5-7-26-3/h8,10-11,14H,4-7,9,18H2,1-3H3,(H,19,21)(H,24,25)/t11?,14-/m1/s1. The van der Waals surface area contributed by atoms with Crippen molar-refractivity contribution < 1.29 is 14.6 Å². The Bertz CT molecular complexity index is 618. The number of hydrazine groups is 1. The molecule has 1 saturated heterocycles. The number of carbonyl (C=O) groups is 1. The Kier molecular flexibility index (Phi) is 7.24. The van der Waals surface area contributed by atoms with E-state index in [1.807, 2.05) is 13.8 Å². The number of nitrogens with one attached hydrogen (secondary N) is 1. The number of ether oxygens (including phenoxy) is 1. The third kappa shape index (κ3) is 4.66. The van der Waals surface area contributed by atoms with Crippen LogP contribution < -0.4 is 16.1 Å². The molecule has 2 rings (SSSR count). The quantitative estimate of drug-likeness (QED) is 0.268. The van der Waals surface area contributed by atoms with Gasteiger partial charge in [0.2, 0.25) is 0 Å². The molecule has 1 amide bonds. The van der Waals surface area contributed by atoms with Crippen molar-refractivity contribution in [3.8, 4) is 0 Å². The number of nitrogens with zero attached hydrogens (tertiary/aromatic N) is 4. The molecule has 9 nitrogen and oxygen atoms in total. The molecule has 1 fully saturated rings. The minimum absolute atomic E-state index is 0.110. The fourth-order valence-electron chi connectivity index (χ4n) is 3.47. The molecule has 2 heterocycles.